The van der Waals surface area contributed by atoms with Crippen LogP contribution in [0.4, 0.5) is 5.13 Å². The van der Waals surface area contributed by atoms with Crippen molar-refractivity contribution in [2.24, 2.45) is 0 Å². The van der Waals surface area contributed by atoms with Gasteiger partial charge in [0, 0.05) is 27.2 Å². The van der Waals surface area contributed by atoms with Gasteiger partial charge in [0.05, 0.1) is 12.4 Å². The number of anilines is 1. The lowest BCUT2D eigenvalue weighted by atomic mass is 10.2. The van der Waals surface area contributed by atoms with E-state index in [9.17, 15) is 4.79 Å². The first-order valence-electron chi connectivity index (χ1n) is 7.17. The molecular weight excluding hydrogens is 332 g/mol. The molecule has 0 radical (unpaired) electrons. The molecular formula is C15H20N4O2S2. The van der Waals surface area contributed by atoms with Crippen LogP contribution in [0.1, 0.15) is 5.56 Å². The monoisotopic (exact) mass is 352 g/mol. The van der Waals surface area contributed by atoms with Gasteiger partial charge in [0.2, 0.25) is 11.0 Å². The predicted octanol–water partition coefficient (Wildman–Crippen LogP) is 2.35. The minimum Gasteiger partial charge on any atom is -0.383 e. The van der Waals surface area contributed by atoms with E-state index in [0.717, 1.165) is 15.0 Å². The van der Waals surface area contributed by atoms with E-state index in [-0.39, 0.29) is 5.91 Å². The molecule has 0 aliphatic carbocycles. The summed E-state index contributed by atoms with van der Waals surface area (Å²) in [5.41, 5.74) is 1.11. The number of amides is 1. The molecule has 0 saturated heterocycles. The van der Waals surface area contributed by atoms with Gasteiger partial charge in [-0.25, -0.2) is 0 Å². The molecule has 6 nitrogen and oxygen atoms in total. The van der Waals surface area contributed by atoms with Crippen LogP contribution in [0.5, 0.6) is 0 Å². The van der Waals surface area contributed by atoms with Crippen LogP contribution in [-0.4, -0.2) is 54.1 Å². The van der Waals surface area contributed by atoms with Crippen molar-refractivity contribution in [2.75, 3.05) is 38.4 Å². The Labute approximate surface area is 144 Å². The van der Waals surface area contributed by atoms with Gasteiger partial charge in [-0.3, -0.25) is 4.79 Å². The Bertz CT molecular complexity index is 607. The average Bonchev–Trinajstić information content (AvgIpc) is 3.05. The highest BCUT2D eigenvalue weighted by atomic mass is 32.2. The molecule has 1 heterocycles. The summed E-state index contributed by atoms with van der Waals surface area (Å²) in [6, 6.07) is 9.96. The number of rotatable bonds is 9. The molecule has 1 aromatic heterocycles. The summed E-state index contributed by atoms with van der Waals surface area (Å²) < 4.78 is 5.90. The third-order valence-corrected chi connectivity index (χ3v) is 5.13. The van der Waals surface area contributed by atoms with Crippen molar-refractivity contribution >= 4 is 34.1 Å². The number of nitrogens with one attached hydrogen (secondary N) is 1. The Hall–Kier alpha value is -1.64. The van der Waals surface area contributed by atoms with Crippen LogP contribution < -0.4 is 5.32 Å². The molecule has 124 valence electrons. The highest BCUT2D eigenvalue weighted by Crippen LogP contribution is 2.25. The Morgan fingerprint density at radius 1 is 1.35 bits per heavy atom. The molecule has 23 heavy (non-hydrogen) atoms. The maximum atomic E-state index is 12.5. The SMILES string of the molecule is CNc1nnc(SCC(=O)N(CCOC)Cc2ccccc2)s1. The summed E-state index contributed by atoms with van der Waals surface area (Å²) in [5, 5.41) is 11.7. The standard InChI is InChI=1S/C15H20N4O2S2/c1-16-14-17-18-15(23-14)22-11-13(20)19(8-9-21-2)10-12-6-4-3-5-7-12/h3-7H,8-11H2,1-2H3,(H,16,17). The number of thioether (sulfide) groups is 1. The topological polar surface area (TPSA) is 67.4 Å². The van der Waals surface area contributed by atoms with Crippen LogP contribution in [-0.2, 0) is 16.1 Å². The fourth-order valence-corrected chi connectivity index (χ4v) is 3.49. The summed E-state index contributed by atoms with van der Waals surface area (Å²) in [5.74, 6) is 0.409. The van der Waals surface area contributed by atoms with Gasteiger partial charge >= 0.3 is 0 Å². The lowest BCUT2D eigenvalue weighted by molar-refractivity contribution is -0.129. The van der Waals surface area contributed by atoms with Gasteiger partial charge in [-0.15, -0.1) is 10.2 Å². The van der Waals surface area contributed by atoms with E-state index in [2.05, 4.69) is 15.5 Å². The number of ether oxygens (including phenoxy) is 1. The van der Waals surface area contributed by atoms with Gasteiger partial charge < -0.3 is 15.0 Å². The Balaban J connectivity index is 1.92. The van der Waals surface area contributed by atoms with Gasteiger partial charge in [0.1, 0.15) is 0 Å². The summed E-state index contributed by atoms with van der Waals surface area (Å²) in [6.07, 6.45) is 0. The third-order valence-electron chi connectivity index (χ3n) is 3.07. The molecule has 0 aliphatic heterocycles. The fraction of sp³-hybridized carbons (Fsp3) is 0.400. The van der Waals surface area contributed by atoms with Crippen molar-refractivity contribution < 1.29 is 9.53 Å². The van der Waals surface area contributed by atoms with Crippen molar-refractivity contribution in [2.45, 2.75) is 10.9 Å². The average molecular weight is 352 g/mol. The van der Waals surface area contributed by atoms with E-state index in [4.69, 9.17) is 4.74 Å². The minimum atomic E-state index is 0.0668. The van der Waals surface area contributed by atoms with Crippen molar-refractivity contribution in [3.63, 3.8) is 0 Å². The second kappa shape index (κ2) is 9.49. The molecule has 0 fully saturated rings. The zero-order valence-electron chi connectivity index (χ0n) is 13.2. The predicted molar refractivity (Wildman–Crippen MR) is 93.9 cm³/mol. The maximum Gasteiger partial charge on any atom is 0.233 e. The van der Waals surface area contributed by atoms with Crippen molar-refractivity contribution in [1.82, 2.24) is 15.1 Å². The van der Waals surface area contributed by atoms with E-state index in [1.165, 1.54) is 23.1 Å². The van der Waals surface area contributed by atoms with E-state index >= 15 is 0 Å². The number of carbonyl (C=O) groups excluding carboxylic acids is 1. The zero-order chi connectivity index (χ0) is 16.5. The number of hydrogen-bond donors (Lipinski definition) is 1. The molecule has 0 bridgehead atoms. The number of nitrogens with zero attached hydrogens (tertiary/aromatic N) is 3. The molecule has 2 aromatic rings. The van der Waals surface area contributed by atoms with E-state index in [0.29, 0.717) is 25.4 Å². The van der Waals surface area contributed by atoms with Crippen molar-refractivity contribution in [3.8, 4) is 0 Å². The minimum absolute atomic E-state index is 0.0668. The summed E-state index contributed by atoms with van der Waals surface area (Å²) in [4.78, 5) is 14.3. The van der Waals surface area contributed by atoms with Crippen LogP contribution in [0.25, 0.3) is 0 Å². The summed E-state index contributed by atoms with van der Waals surface area (Å²) >= 11 is 2.85. The molecule has 0 atom stereocenters. The first kappa shape index (κ1) is 17.7. The molecule has 1 N–H and O–H groups in total. The molecule has 0 unspecified atom stereocenters. The number of hydrogen-bond acceptors (Lipinski definition) is 7. The van der Waals surface area contributed by atoms with Crippen LogP contribution in [0.15, 0.2) is 34.7 Å². The molecule has 0 saturated carbocycles. The quantitative estimate of drug-likeness (QED) is 0.699. The fourth-order valence-electron chi connectivity index (χ4n) is 1.88. The van der Waals surface area contributed by atoms with E-state index in [1.807, 2.05) is 35.2 Å². The Morgan fingerprint density at radius 3 is 2.78 bits per heavy atom. The molecule has 2 rings (SSSR count). The third kappa shape index (κ3) is 5.81. The van der Waals surface area contributed by atoms with E-state index in [1.54, 1.807) is 14.2 Å². The Morgan fingerprint density at radius 2 is 2.13 bits per heavy atom. The number of aromatic nitrogens is 2. The molecule has 8 heteroatoms. The summed E-state index contributed by atoms with van der Waals surface area (Å²) in [7, 11) is 3.44. The lowest BCUT2D eigenvalue weighted by Crippen LogP contribution is -2.34. The van der Waals surface area contributed by atoms with Gasteiger partial charge in [-0.05, 0) is 5.56 Å². The van der Waals surface area contributed by atoms with Gasteiger partial charge in [-0.2, -0.15) is 0 Å². The highest BCUT2D eigenvalue weighted by Gasteiger charge is 2.15. The van der Waals surface area contributed by atoms with Crippen LogP contribution >= 0.6 is 23.1 Å². The maximum absolute atomic E-state index is 12.5. The molecule has 0 spiro atoms. The van der Waals surface area contributed by atoms with Crippen LogP contribution in [0.3, 0.4) is 0 Å². The number of benzene rings is 1. The van der Waals surface area contributed by atoms with Gasteiger partial charge in [0.15, 0.2) is 4.34 Å². The molecule has 0 aliphatic rings. The second-order valence-corrected chi connectivity index (χ2v) is 6.91. The zero-order valence-corrected chi connectivity index (χ0v) is 14.8. The number of methoxy groups -OCH3 is 1. The van der Waals surface area contributed by atoms with Crippen molar-refractivity contribution in [1.29, 1.82) is 0 Å². The first-order chi connectivity index (χ1) is 11.2. The normalized spacial score (nSPS) is 10.5. The highest BCUT2D eigenvalue weighted by molar-refractivity contribution is 8.01. The largest absolute Gasteiger partial charge is 0.383 e. The summed E-state index contributed by atoms with van der Waals surface area (Å²) in [6.45, 7) is 1.68. The van der Waals surface area contributed by atoms with Crippen LogP contribution in [0.2, 0.25) is 0 Å². The van der Waals surface area contributed by atoms with Crippen LogP contribution in [0, 0.1) is 0 Å². The van der Waals surface area contributed by atoms with Gasteiger partial charge in [-0.1, -0.05) is 53.4 Å². The second-order valence-electron chi connectivity index (χ2n) is 4.71. The smallest absolute Gasteiger partial charge is 0.233 e. The first-order valence-corrected chi connectivity index (χ1v) is 8.98. The number of carbonyl (C=O) groups is 1. The molecule has 1 aromatic carbocycles. The van der Waals surface area contributed by atoms with Gasteiger partial charge in [0.25, 0.3) is 0 Å². The van der Waals surface area contributed by atoms with Crippen molar-refractivity contribution in [3.05, 3.63) is 35.9 Å². The van der Waals surface area contributed by atoms with E-state index < -0.39 is 0 Å². The molecule has 1 amide bonds. The Kier molecular flexibility index (Phi) is 7.31. The lowest BCUT2D eigenvalue weighted by Gasteiger charge is -2.22.